The number of carboxylic acid groups (broad SMARTS) is 1. The summed E-state index contributed by atoms with van der Waals surface area (Å²) in [7, 11) is 0. The summed E-state index contributed by atoms with van der Waals surface area (Å²) in [6.07, 6.45) is 5.40. The highest BCUT2D eigenvalue weighted by Crippen LogP contribution is 2.26. The van der Waals surface area contributed by atoms with E-state index in [-0.39, 0.29) is 12.5 Å². The van der Waals surface area contributed by atoms with Gasteiger partial charge in [-0.05, 0) is 12.8 Å². The topological polar surface area (TPSA) is 74.7 Å². The average Bonchev–Trinajstić information content (AvgIpc) is 2.30. The molecule has 1 saturated carbocycles. The number of Topliss-reactive ketones (excluding diaryl/α,β-unsaturated/α-hetero) is 1. The molecule has 0 aromatic carbocycles. The second kappa shape index (κ2) is 4.85. The maximum atomic E-state index is 12.0. The zero-order valence-electron chi connectivity index (χ0n) is 9.72. The van der Waals surface area contributed by atoms with Gasteiger partial charge in [-0.15, -0.1) is 0 Å². The van der Waals surface area contributed by atoms with Gasteiger partial charge in [-0.25, -0.2) is 0 Å². The first-order valence-corrected chi connectivity index (χ1v) is 6.17. The van der Waals surface area contributed by atoms with E-state index in [1.807, 2.05) is 0 Å². The predicted octanol–water partition coefficient (Wildman–Crippen LogP) is 0.821. The molecule has 1 heterocycles. The molecule has 0 bridgehead atoms. The zero-order chi connectivity index (χ0) is 12.4. The van der Waals surface area contributed by atoms with Gasteiger partial charge in [-0.1, -0.05) is 19.3 Å². The highest BCUT2D eigenvalue weighted by Gasteiger charge is 2.42. The van der Waals surface area contributed by atoms with E-state index in [0.29, 0.717) is 6.54 Å². The number of hydrogen-bond acceptors (Lipinski definition) is 3. The average molecular weight is 239 g/mol. The highest BCUT2D eigenvalue weighted by molar-refractivity contribution is 6.17. The summed E-state index contributed by atoms with van der Waals surface area (Å²) in [5.74, 6) is -3.71. The molecule has 2 aliphatic rings. The molecule has 0 spiro atoms. The number of piperidine rings is 1. The van der Waals surface area contributed by atoms with Crippen LogP contribution in [0.15, 0.2) is 0 Å². The molecule has 1 saturated heterocycles. The molecule has 1 atom stereocenters. The van der Waals surface area contributed by atoms with E-state index < -0.39 is 23.6 Å². The van der Waals surface area contributed by atoms with Crippen LogP contribution in [-0.4, -0.2) is 40.3 Å². The van der Waals surface area contributed by atoms with Crippen molar-refractivity contribution in [3.05, 3.63) is 0 Å². The van der Waals surface area contributed by atoms with Crippen molar-refractivity contribution in [2.75, 3.05) is 6.54 Å². The number of carbonyl (C=O) groups is 3. The van der Waals surface area contributed by atoms with Gasteiger partial charge < -0.3 is 10.0 Å². The van der Waals surface area contributed by atoms with Gasteiger partial charge >= 0.3 is 5.97 Å². The molecule has 1 amide bonds. The van der Waals surface area contributed by atoms with E-state index in [0.717, 1.165) is 25.7 Å². The third-order valence-corrected chi connectivity index (χ3v) is 3.71. The van der Waals surface area contributed by atoms with Gasteiger partial charge in [0.05, 0.1) is 0 Å². The number of likely N-dealkylation sites (tertiary alicyclic amines) is 1. The minimum Gasteiger partial charge on any atom is -0.480 e. The van der Waals surface area contributed by atoms with Crippen molar-refractivity contribution < 1.29 is 19.5 Å². The van der Waals surface area contributed by atoms with Gasteiger partial charge in [0.1, 0.15) is 0 Å². The molecule has 94 valence electrons. The Morgan fingerprint density at radius 2 is 1.82 bits per heavy atom. The Kier molecular flexibility index (Phi) is 3.45. The van der Waals surface area contributed by atoms with Crippen LogP contribution in [0.5, 0.6) is 0 Å². The van der Waals surface area contributed by atoms with Crippen molar-refractivity contribution in [1.29, 1.82) is 0 Å². The Bertz CT molecular complexity index is 346. The molecule has 5 heteroatoms. The lowest BCUT2D eigenvalue weighted by Gasteiger charge is -2.38. The number of amides is 1. The Hall–Kier alpha value is -1.39. The third kappa shape index (κ3) is 2.33. The van der Waals surface area contributed by atoms with E-state index in [1.165, 1.54) is 6.42 Å². The number of hydrogen-bond donors (Lipinski definition) is 1. The second-order valence-electron chi connectivity index (χ2n) is 4.81. The van der Waals surface area contributed by atoms with Crippen LogP contribution < -0.4 is 0 Å². The van der Waals surface area contributed by atoms with E-state index in [9.17, 15) is 14.4 Å². The lowest BCUT2D eigenvalue weighted by atomic mass is 9.89. The SMILES string of the molecule is O=C(O)C1C(=O)CCN(C2CCCCC2)C1=O. The van der Waals surface area contributed by atoms with E-state index >= 15 is 0 Å². The van der Waals surface area contributed by atoms with Crippen LogP contribution in [0.25, 0.3) is 0 Å². The summed E-state index contributed by atoms with van der Waals surface area (Å²) in [6.45, 7) is 0.395. The first-order valence-electron chi connectivity index (χ1n) is 6.17. The number of carbonyl (C=O) groups excluding carboxylic acids is 2. The molecule has 2 rings (SSSR count). The number of rotatable bonds is 2. The van der Waals surface area contributed by atoms with Crippen LogP contribution >= 0.6 is 0 Å². The number of ketones is 1. The van der Waals surface area contributed by atoms with Gasteiger partial charge in [0, 0.05) is 19.0 Å². The lowest BCUT2D eigenvalue weighted by molar-refractivity contribution is -0.159. The van der Waals surface area contributed by atoms with Crippen LogP contribution in [0.2, 0.25) is 0 Å². The van der Waals surface area contributed by atoms with Crippen molar-refractivity contribution in [2.45, 2.75) is 44.6 Å². The van der Waals surface area contributed by atoms with Crippen LogP contribution in [0.3, 0.4) is 0 Å². The molecular formula is C12H17NO4. The molecule has 17 heavy (non-hydrogen) atoms. The Morgan fingerprint density at radius 3 is 2.41 bits per heavy atom. The Labute approximate surface area is 99.8 Å². The van der Waals surface area contributed by atoms with Gasteiger partial charge in [-0.2, -0.15) is 0 Å². The molecule has 2 fully saturated rings. The molecule has 5 nitrogen and oxygen atoms in total. The second-order valence-corrected chi connectivity index (χ2v) is 4.81. The maximum absolute atomic E-state index is 12.0. The molecular weight excluding hydrogens is 222 g/mol. The monoisotopic (exact) mass is 239 g/mol. The smallest absolute Gasteiger partial charge is 0.323 e. The van der Waals surface area contributed by atoms with E-state index in [4.69, 9.17) is 5.11 Å². The number of carboxylic acids is 1. The van der Waals surface area contributed by atoms with E-state index in [1.54, 1.807) is 4.90 Å². The standard InChI is InChI=1S/C12H17NO4/c14-9-6-7-13(8-4-2-1-3-5-8)11(15)10(9)12(16)17/h8,10H,1-7H2,(H,16,17). The summed E-state index contributed by atoms with van der Waals surface area (Å²) in [6, 6.07) is 0.145. The number of nitrogens with zero attached hydrogens (tertiary/aromatic N) is 1. The van der Waals surface area contributed by atoms with Gasteiger partial charge in [-0.3, -0.25) is 14.4 Å². The summed E-state index contributed by atoms with van der Waals surface area (Å²) in [5, 5.41) is 8.93. The predicted molar refractivity (Wildman–Crippen MR) is 59.3 cm³/mol. The quantitative estimate of drug-likeness (QED) is 0.724. The Morgan fingerprint density at radius 1 is 1.18 bits per heavy atom. The molecule has 1 unspecified atom stereocenters. The fourth-order valence-electron chi connectivity index (χ4n) is 2.79. The largest absolute Gasteiger partial charge is 0.480 e. The molecule has 1 aliphatic carbocycles. The minimum absolute atomic E-state index is 0.145. The molecule has 0 aromatic rings. The fraction of sp³-hybridized carbons (Fsp3) is 0.750. The van der Waals surface area contributed by atoms with Gasteiger partial charge in [0.2, 0.25) is 5.91 Å². The van der Waals surface area contributed by atoms with Crippen molar-refractivity contribution in [1.82, 2.24) is 4.90 Å². The summed E-state index contributed by atoms with van der Waals surface area (Å²) in [4.78, 5) is 36.0. The normalized spacial score (nSPS) is 27.3. The molecule has 1 aliphatic heterocycles. The van der Waals surface area contributed by atoms with Crippen LogP contribution in [0.1, 0.15) is 38.5 Å². The number of aliphatic carboxylic acids is 1. The van der Waals surface area contributed by atoms with Crippen LogP contribution in [0.4, 0.5) is 0 Å². The highest BCUT2D eigenvalue weighted by atomic mass is 16.4. The Balaban J connectivity index is 2.11. The summed E-state index contributed by atoms with van der Waals surface area (Å²) >= 11 is 0. The molecule has 0 aromatic heterocycles. The first-order chi connectivity index (χ1) is 8.11. The molecule has 0 radical (unpaired) electrons. The van der Waals surface area contributed by atoms with Gasteiger partial charge in [0.25, 0.3) is 0 Å². The van der Waals surface area contributed by atoms with Crippen LogP contribution in [-0.2, 0) is 14.4 Å². The molecule has 1 N–H and O–H groups in total. The van der Waals surface area contributed by atoms with Gasteiger partial charge in [0.15, 0.2) is 11.7 Å². The van der Waals surface area contributed by atoms with Crippen molar-refractivity contribution >= 4 is 17.7 Å². The van der Waals surface area contributed by atoms with Crippen molar-refractivity contribution in [3.63, 3.8) is 0 Å². The first kappa shape index (κ1) is 12.1. The van der Waals surface area contributed by atoms with Crippen molar-refractivity contribution in [2.24, 2.45) is 5.92 Å². The third-order valence-electron chi connectivity index (χ3n) is 3.71. The fourth-order valence-corrected chi connectivity index (χ4v) is 2.79. The van der Waals surface area contributed by atoms with E-state index in [2.05, 4.69) is 0 Å². The van der Waals surface area contributed by atoms with Crippen molar-refractivity contribution in [3.8, 4) is 0 Å². The summed E-state index contributed by atoms with van der Waals surface area (Å²) < 4.78 is 0. The van der Waals surface area contributed by atoms with Crippen LogP contribution in [0, 0.1) is 5.92 Å². The lowest BCUT2D eigenvalue weighted by Crippen LogP contribution is -2.53. The maximum Gasteiger partial charge on any atom is 0.323 e. The zero-order valence-corrected chi connectivity index (χ0v) is 9.72. The minimum atomic E-state index is -1.45. The summed E-state index contributed by atoms with van der Waals surface area (Å²) in [5.41, 5.74) is 0.